The highest BCUT2D eigenvalue weighted by molar-refractivity contribution is 7.89. The van der Waals surface area contributed by atoms with Gasteiger partial charge in [0.1, 0.15) is 18.0 Å². The van der Waals surface area contributed by atoms with Gasteiger partial charge in [0.15, 0.2) is 0 Å². The first-order valence-electron chi connectivity index (χ1n) is 7.72. The molecular weight excluding hydrogens is 409 g/mol. The van der Waals surface area contributed by atoms with Gasteiger partial charge in [0.05, 0.1) is 14.9 Å². The Kier molecular flexibility index (Phi) is 5.81. The third-order valence-electron chi connectivity index (χ3n) is 3.54. The summed E-state index contributed by atoms with van der Waals surface area (Å²) in [5, 5.41) is 7.05. The van der Waals surface area contributed by atoms with Gasteiger partial charge in [-0.2, -0.15) is 0 Å². The zero-order chi connectivity index (χ0) is 19.4. The predicted molar refractivity (Wildman–Crippen MR) is 108 cm³/mol. The second-order valence-electron chi connectivity index (χ2n) is 5.40. The number of nitrogens with one attached hydrogen (secondary N) is 3. The number of nitrogens with zero attached hydrogens (tertiary/aromatic N) is 2. The number of rotatable bonds is 6. The van der Waals surface area contributed by atoms with Gasteiger partial charge in [-0.05, 0) is 43.4 Å². The predicted octanol–water partition coefficient (Wildman–Crippen LogP) is 4.18. The molecule has 0 atom stereocenters. The Hall–Kier alpha value is -2.39. The first-order chi connectivity index (χ1) is 12.9. The van der Waals surface area contributed by atoms with E-state index in [1.807, 2.05) is 0 Å². The number of hydrogen-bond donors (Lipinski definition) is 3. The lowest BCUT2D eigenvalue weighted by molar-refractivity contribution is 0.588. The van der Waals surface area contributed by atoms with E-state index in [-0.39, 0.29) is 4.90 Å². The van der Waals surface area contributed by atoms with Crippen LogP contribution >= 0.6 is 23.2 Å². The van der Waals surface area contributed by atoms with Crippen molar-refractivity contribution in [3.05, 3.63) is 64.9 Å². The maximum absolute atomic E-state index is 11.9. The van der Waals surface area contributed by atoms with Crippen molar-refractivity contribution in [3.63, 3.8) is 0 Å². The Morgan fingerprint density at radius 2 is 1.52 bits per heavy atom. The molecule has 0 saturated heterocycles. The second-order valence-corrected chi connectivity index (χ2v) is 8.10. The minimum atomic E-state index is -3.53. The summed E-state index contributed by atoms with van der Waals surface area (Å²) >= 11 is 11.9. The van der Waals surface area contributed by atoms with Crippen molar-refractivity contribution in [1.29, 1.82) is 0 Å². The van der Waals surface area contributed by atoms with Crippen molar-refractivity contribution < 1.29 is 8.42 Å². The maximum Gasteiger partial charge on any atom is 0.240 e. The fraction of sp³-hybridized carbons (Fsp3) is 0.0588. The van der Waals surface area contributed by atoms with Crippen LogP contribution in [0.4, 0.5) is 23.0 Å². The topological polar surface area (TPSA) is 96.0 Å². The highest BCUT2D eigenvalue weighted by Crippen LogP contribution is 2.27. The number of halogens is 2. The van der Waals surface area contributed by atoms with Crippen LogP contribution in [0.3, 0.4) is 0 Å². The third-order valence-corrected chi connectivity index (χ3v) is 5.70. The van der Waals surface area contributed by atoms with E-state index in [4.69, 9.17) is 23.2 Å². The molecule has 0 amide bonds. The van der Waals surface area contributed by atoms with Gasteiger partial charge in [-0.1, -0.05) is 29.3 Å². The van der Waals surface area contributed by atoms with E-state index in [0.717, 1.165) is 5.69 Å². The lowest BCUT2D eigenvalue weighted by Crippen LogP contribution is -2.18. The van der Waals surface area contributed by atoms with Crippen LogP contribution in [0, 0.1) is 0 Å². The van der Waals surface area contributed by atoms with Crippen molar-refractivity contribution in [3.8, 4) is 0 Å². The molecule has 1 heterocycles. The molecule has 140 valence electrons. The van der Waals surface area contributed by atoms with E-state index in [1.165, 1.54) is 25.5 Å². The zero-order valence-corrected chi connectivity index (χ0v) is 16.4. The summed E-state index contributed by atoms with van der Waals surface area (Å²) in [6.45, 7) is 0. The van der Waals surface area contributed by atoms with Crippen LogP contribution in [-0.4, -0.2) is 25.4 Å². The van der Waals surface area contributed by atoms with E-state index in [1.54, 1.807) is 36.4 Å². The van der Waals surface area contributed by atoms with Crippen LogP contribution in [0.2, 0.25) is 10.0 Å². The highest BCUT2D eigenvalue weighted by atomic mass is 35.5. The lowest BCUT2D eigenvalue weighted by Gasteiger charge is -2.10. The molecule has 0 spiro atoms. The first kappa shape index (κ1) is 19.4. The van der Waals surface area contributed by atoms with Crippen LogP contribution in [0.1, 0.15) is 0 Å². The van der Waals surface area contributed by atoms with Crippen molar-refractivity contribution in [1.82, 2.24) is 14.7 Å². The molecule has 0 bridgehead atoms. The first-order valence-corrected chi connectivity index (χ1v) is 9.96. The SMILES string of the molecule is CNS(=O)(=O)c1cccc(Nc2cc(Nc3ccc(Cl)c(Cl)c3)ncn2)c1. The second kappa shape index (κ2) is 8.10. The Labute approximate surface area is 166 Å². The molecule has 0 saturated carbocycles. The standard InChI is InChI=1S/C17H15Cl2N5O2S/c1-20-27(25,26)13-4-2-3-11(7-13)23-16-9-17(22-10-21-16)24-12-5-6-14(18)15(19)8-12/h2-10,20H,1H3,(H2,21,22,23,24). The Bertz CT molecular complexity index is 1080. The van der Waals surface area contributed by atoms with Crippen molar-refractivity contribution in [2.24, 2.45) is 0 Å². The zero-order valence-electron chi connectivity index (χ0n) is 14.1. The molecule has 2 aromatic carbocycles. The van der Waals surface area contributed by atoms with Crippen LogP contribution < -0.4 is 15.4 Å². The van der Waals surface area contributed by atoms with Crippen LogP contribution in [-0.2, 0) is 10.0 Å². The minimum absolute atomic E-state index is 0.151. The van der Waals surface area contributed by atoms with Gasteiger partial charge in [-0.3, -0.25) is 0 Å². The molecule has 10 heteroatoms. The lowest BCUT2D eigenvalue weighted by atomic mass is 10.3. The molecule has 3 N–H and O–H groups in total. The summed E-state index contributed by atoms with van der Waals surface area (Å²) in [7, 11) is -2.17. The Morgan fingerprint density at radius 3 is 2.15 bits per heavy atom. The maximum atomic E-state index is 11.9. The quantitative estimate of drug-likeness (QED) is 0.550. The van der Waals surface area contributed by atoms with Gasteiger partial charge in [-0.25, -0.2) is 23.1 Å². The largest absolute Gasteiger partial charge is 0.340 e. The van der Waals surface area contributed by atoms with Crippen molar-refractivity contribution in [2.45, 2.75) is 4.90 Å². The third kappa shape index (κ3) is 4.86. The number of hydrogen-bond acceptors (Lipinski definition) is 6. The summed E-state index contributed by atoms with van der Waals surface area (Å²) in [6, 6.07) is 13.2. The van der Waals surface area contributed by atoms with E-state index in [9.17, 15) is 8.42 Å². The van der Waals surface area contributed by atoms with E-state index < -0.39 is 10.0 Å². The molecule has 3 rings (SSSR count). The van der Waals surface area contributed by atoms with E-state index >= 15 is 0 Å². The Balaban J connectivity index is 1.80. The molecule has 7 nitrogen and oxygen atoms in total. The number of benzene rings is 2. The fourth-order valence-corrected chi connectivity index (χ4v) is 3.30. The molecule has 0 aliphatic rings. The summed E-state index contributed by atoms with van der Waals surface area (Å²) < 4.78 is 26.1. The van der Waals surface area contributed by atoms with Crippen molar-refractivity contribution >= 4 is 56.2 Å². The van der Waals surface area contributed by atoms with Gasteiger partial charge in [0.2, 0.25) is 10.0 Å². The van der Waals surface area contributed by atoms with E-state index in [0.29, 0.717) is 27.4 Å². The molecular formula is C17H15Cl2N5O2S. The normalized spacial score (nSPS) is 11.2. The summed E-state index contributed by atoms with van der Waals surface area (Å²) in [5.74, 6) is 1.02. The molecule has 0 aliphatic carbocycles. The van der Waals surface area contributed by atoms with Crippen LogP contribution in [0.5, 0.6) is 0 Å². The molecule has 27 heavy (non-hydrogen) atoms. The highest BCUT2D eigenvalue weighted by Gasteiger charge is 2.11. The molecule has 0 radical (unpaired) electrons. The monoisotopic (exact) mass is 423 g/mol. The average Bonchev–Trinajstić information content (AvgIpc) is 2.65. The molecule has 3 aromatic rings. The Morgan fingerprint density at radius 1 is 0.852 bits per heavy atom. The molecule has 0 unspecified atom stereocenters. The van der Waals surface area contributed by atoms with Gasteiger partial charge in [0.25, 0.3) is 0 Å². The molecule has 0 aliphatic heterocycles. The van der Waals surface area contributed by atoms with Gasteiger partial charge in [0, 0.05) is 17.4 Å². The summed E-state index contributed by atoms with van der Waals surface area (Å²) in [6.07, 6.45) is 1.39. The van der Waals surface area contributed by atoms with Crippen molar-refractivity contribution in [2.75, 3.05) is 17.7 Å². The van der Waals surface area contributed by atoms with Gasteiger partial charge in [-0.15, -0.1) is 0 Å². The molecule has 1 aromatic heterocycles. The smallest absolute Gasteiger partial charge is 0.240 e. The van der Waals surface area contributed by atoms with Gasteiger partial charge >= 0.3 is 0 Å². The van der Waals surface area contributed by atoms with Gasteiger partial charge < -0.3 is 10.6 Å². The number of aromatic nitrogens is 2. The number of anilines is 4. The number of sulfonamides is 1. The fourth-order valence-electron chi connectivity index (χ4n) is 2.22. The average molecular weight is 424 g/mol. The van der Waals surface area contributed by atoms with E-state index in [2.05, 4.69) is 25.3 Å². The van der Waals surface area contributed by atoms with Crippen LogP contribution in [0.15, 0.2) is 59.8 Å². The molecule has 0 fully saturated rings. The minimum Gasteiger partial charge on any atom is -0.340 e. The summed E-state index contributed by atoms with van der Waals surface area (Å²) in [4.78, 5) is 8.45. The summed E-state index contributed by atoms with van der Waals surface area (Å²) in [5.41, 5.74) is 1.29. The van der Waals surface area contributed by atoms with Crippen LogP contribution in [0.25, 0.3) is 0 Å².